The minimum Gasteiger partial charge on any atom is -0.353 e. The van der Waals surface area contributed by atoms with E-state index in [2.05, 4.69) is 5.10 Å². The Balaban J connectivity index is 2.44. The Kier molecular flexibility index (Phi) is 2.91. The fraction of sp³-hybridized carbons (Fsp3) is 0.273. The molecule has 5 nitrogen and oxygen atoms in total. The number of benzene rings is 1. The number of carbonyl (C=O) groups excluding carboxylic acids is 1. The number of rotatable bonds is 2. The summed E-state index contributed by atoms with van der Waals surface area (Å²) >= 11 is 5.73. The predicted octanol–water partition coefficient (Wildman–Crippen LogP) is 0.587. The first-order valence-electron chi connectivity index (χ1n) is 5.08. The molecule has 90 valence electrons. The molecule has 6 heteroatoms. The average molecular weight is 255 g/mol. The van der Waals surface area contributed by atoms with E-state index in [1.54, 1.807) is 31.2 Å². The van der Waals surface area contributed by atoms with Crippen LogP contribution in [0.2, 0.25) is 5.02 Å². The maximum Gasteiger partial charge on any atom is 0.309 e. The van der Waals surface area contributed by atoms with Crippen LogP contribution in [0.4, 0.5) is 0 Å². The quantitative estimate of drug-likeness (QED) is 0.759. The van der Waals surface area contributed by atoms with Crippen molar-refractivity contribution in [3.63, 3.8) is 0 Å². The van der Waals surface area contributed by atoms with Crippen LogP contribution < -0.4 is 0 Å². The molecule has 0 saturated carbocycles. The molecule has 1 aromatic rings. The highest BCUT2D eigenvalue weighted by molar-refractivity contribution is 6.30. The number of hydrazone groups is 1. The zero-order valence-corrected chi connectivity index (χ0v) is 9.85. The van der Waals surface area contributed by atoms with Crippen LogP contribution >= 0.6 is 11.6 Å². The van der Waals surface area contributed by atoms with Crippen molar-refractivity contribution in [1.82, 2.24) is 5.01 Å². The Morgan fingerprint density at radius 1 is 1.35 bits per heavy atom. The largest absolute Gasteiger partial charge is 0.353 e. The summed E-state index contributed by atoms with van der Waals surface area (Å²) in [4.78, 5) is 11.6. The van der Waals surface area contributed by atoms with Gasteiger partial charge in [0.15, 0.2) is 0 Å². The lowest BCUT2D eigenvalue weighted by Gasteiger charge is -2.15. The molecule has 1 aliphatic heterocycles. The first-order chi connectivity index (χ1) is 7.96. The first-order valence-corrected chi connectivity index (χ1v) is 5.46. The van der Waals surface area contributed by atoms with Gasteiger partial charge in [0.2, 0.25) is 0 Å². The molecular weight excluding hydrogens is 244 g/mol. The van der Waals surface area contributed by atoms with Gasteiger partial charge in [-0.25, -0.2) is 5.01 Å². The second-order valence-electron chi connectivity index (χ2n) is 3.65. The molecule has 1 aromatic carbocycles. The van der Waals surface area contributed by atoms with E-state index in [4.69, 9.17) is 11.6 Å². The Morgan fingerprint density at radius 3 is 2.41 bits per heavy atom. The van der Waals surface area contributed by atoms with Crippen molar-refractivity contribution < 1.29 is 15.0 Å². The highest BCUT2D eigenvalue weighted by Crippen LogP contribution is 2.23. The van der Waals surface area contributed by atoms with E-state index < -0.39 is 11.7 Å². The highest BCUT2D eigenvalue weighted by atomic mass is 35.5. The molecule has 2 rings (SSSR count). The van der Waals surface area contributed by atoms with Crippen molar-refractivity contribution in [2.75, 3.05) is 6.54 Å². The molecule has 0 unspecified atom stereocenters. The summed E-state index contributed by atoms with van der Waals surface area (Å²) in [5.74, 6) is -3.41. The smallest absolute Gasteiger partial charge is 0.309 e. The van der Waals surface area contributed by atoms with Gasteiger partial charge in [-0.15, -0.1) is 0 Å². The third-order valence-electron chi connectivity index (χ3n) is 2.50. The van der Waals surface area contributed by atoms with Gasteiger partial charge in [-0.05, 0) is 19.1 Å². The zero-order valence-electron chi connectivity index (χ0n) is 9.09. The van der Waals surface area contributed by atoms with Crippen molar-refractivity contribution in [2.24, 2.45) is 5.10 Å². The fourth-order valence-electron chi connectivity index (χ4n) is 1.60. The van der Waals surface area contributed by atoms with E-state index in [1.165, 1.54) is 0 Å². The molecular formula is C11H11ClN2O3. The number of likely N-dealkylation sites (N-methyl/N-ethyl adjacent to an activating group) is 1. The number of carbonyl (C=O) groups is 1. The van der Waals surface area contributed by atoms with Crippen LogP contribution in [-0.4, -0.2) is 39.2 Å². The van der Waals surface area contributed by atoms with Gasteiger partial charge in [0, 0.05) is 17.1 Å². The van der Waals surface area contributed by atoms with Crippen LogP contribution in [0, 0.1) is 0 Å². The topological polar surface area (TPSA) is 73.1 Å². The van der Waals surface area contributed by atoms with Crippen molar-refractivity contribution in [3.8, 4) is 0 Å². The summed E-state index contributed by atoms with van der Waals surface area (Å²) in [5.41, 5.74) is 0.365. The normalized spacial score (nSPS) is 18.5. The van der Waals surface area contributed by atoms with E-state index in [0.717, 1.165) is 5.01 Å². The molecule has 0 fully saturated rings. The van der Waals surface area contributed by atoms with Gasteiger partial charge in [0.05, 0.1) is 0 Å². The van der Waals surface area contributed by atoms with Gasteiger partial charge in [-0.1, -0.05) is 23.7 Å². The molecule has 17 heavy (non-hydrogen) atoms. The lowest BCUT2D eigenvalue weighted by Crippen LogP contribution is -2.46. The minimum atomic E-state index is -2.57. The predicted molar refractivity (Wildman–Crippen MR) is 62.5 cm³/mol. The summed E-state index contributed by atoms with van der Waals surface area (Å²) in [5, 5.41) is 24.9. The van der Waals surface area contributed by atoms with Gasteiger partial charge < -0.3 is 10.2 Å². The van der Waals surface area contributed by atoms with Gasteiger partial charge in [0.25, 0.3) is 5.79 Å². The van der Waals surface area contributed by atoms with E-state index >= 15 is 0 Å². The van der Waals surface area contributed by atoms with Gasteiger partial charge >= 0.3 is 5.91 Å². The molecule has 0 saturated heterocycles. The lowest BCUT2D eigenvalue weighted by atomic mass is 10.0. The summed E-state index contributed by atoms with van der Waals surface area (Å²) in [6, 6.07) is 6.34. The maximum absolute atomic E-state index is 11.6. The average Bonchev–Trinajstić information content (AvgIpc) is 2.53. The molecule has 0 bridgehead atoms. The molecule has 0 atom stereocenters. The maximum atomic E-state index is 11.6. The highest BCUT2D eigenvalue weighted by Gasteiger charge is 2.48. The number of nitrogens with zero attached hydrogens (tertiary/aromatic N) is 2. The van der Waals surface area contributed by atoms with Crippen LogP contribution in [0.3, 0.4) is 0 Å². The van der Waals surface area contributed by atoms with Crippen LogP contribution in [0.5, 0.6) is 0 Å². The summed E-state index contributed by atoms with van der Waals surface area (Å²) in [7, 11) is 0. The first kappa shape index (κ1) is 12.0. The van der Waals surface area contributed by atoms with E-state index in [9.17, 15) is 15.0 Å². The number of halogens is 1. The number of aliphatic hydroxyl groups is 2. The number of hydrogen-bond donors (Lipinski definition) is 2. The SMILES string of the molecule is CCN1N=C(c2ccc(Cl)cc2)C(O)(O)C1=O. The zero-order chi connectivity index (χ0) is 12.6. The summed E-state index contributed by atoms with van der Waals surface area (Å²) in [6.45, 7) is 1.97. The van der Waals surface area contributed by atoms with Gasteiger partial charge in [-0.2, -0.15) is 5.10 Å². The molecule has 0 aliphatic carbocycles. The third kappa shape index (κ3) is 1.93. The van der Waals surface area contributed by atoms with Crippen LogP contribution in [0.15, 0.2) is 29.4 Å². The monoisotopic (exact) mass is 254 g/mol. The molecule has 0 spiro atoms. The fourth-order valence-corrected chi connectivity index (χ4v) is 1.72. The van der Waals surface area contributed by atoms with Crippen molar-refractivity contribution in [1.29, 1.82) is 0 Å². The lowest BCUT2D eigenvalue weighted by molar-refractivity contribution is -0.167. The van der Waals surface area contributed by atoms with Crippen LogP contribution in [0.25, 0.3) is 0 Å². The standard InChI is InChI=1S/C11H11ClN2O3/c1-2-14-10(15)11(16,17)9(13-14)7-3-5-8(12)6-4-7/h3-6,16-17H,2H2,1H3. The van der Waals surface area contributed by atoms with Crippen LogP contribution in [0.1, 0.15) is 12.5 Å². The van der Waals surface area contributed by atoms with E-state index in [-0.39, 0.29) is 12.3 Å². The van der Waals surface area contributed by atoms with E-state index in [1.807, 2.05) is 0 Å². The number of amides is 1. The van der Waals surface area contributed by atoms with Crippen molar-refractivity contribution in [2.45, 2.75) is 12.7 Å². The minimum absolute atomic E-state index is 0.0824. The third-order valence-corrected chi connectivity index (χ3v) is 2.75. The van der Waals surface area contributed by atoms with Gasteiger partial charge in [0.1, 0.15) is 5.71 Å². The second-order valence-corrected chi connectivity index (χ2v) is 4.09. The Bertz CT molecular complexity index is 482. The summed E-state index contributed by atoms with van der Waals surface area (Å²) in [6.07, 6.45) is 0. The molecule has 0 aromatic heterocycles. The molecule has 1 amide bonds. The number of hydrogen-bond acceptors (Lipinski definition) is 4. The van der Waals surface area contributed by atoms with Crippen molar-refractivity contribution >= 4 is 23.2 Å². The molecule has 2 N–H and O–H groups in total. The van der Waals surface area contributed by atoms with Crippen LogP contribution in [-0.2, 0) is 4.79 Å². The van der Waals surface area contributed by atoms with Crippen molar-refractivity contribution in [3.05, 3.63) is 34.9 Å². The molecule has 1 aliphatic rings. The second kappa shape index (κ2) is 4.10. The summed E-state index contributed by atoms with van der Waals surface area (Å²) < 4.78 is 0. The Labute approximate surface area is 103 Å². The molecule has 1 heterocycles. The Hall–Kier alpha value is -1.43. The van der Waals surface area contributed by atoms with Gasteiger partial charge in [-0.3, -0.25) is 4.79 Å². The Morgan fingerprint density at radius 2 is 1.94 bits per heavy atom. The van der Waals surface area contributed by atoms with E-state index in [0.29, 0.717) is 10.6 Å². The molecule has 0 radical (unpaired) electrons.